The van der Waals surface area contributed by atoms with Crippen molar-refractivity contribution in [3.63, 3.8) is 0 Å². The lowest BCUT2D eigenvalue weighted by Crippen LogP contribution is -2.46. The third kappa shape index (κ3) is 4.99. The van der Waals surface area contributed by atoms with Gasteiger partial charge in [0, 0.05) is 26.2 Å². The van der Waals surface area contributed by atoms with E-state index in [1.807, 2.05) is 0 Å². The quantitative estimate of drug-likeness (QED) is 0.895. The first-order valence-corrected chi connectivity index (χ1v) is 9.10. The largest absolute Gasteiger partial charge is 0.390 e. The Labute approximate surface area is 144 Å². The van der Waals surface area contributed by atoms with Gasteiger partial charge < -0.3 is 14.7 Å². The second kappa shape index (κ2) is 8.39. The zero-order chi connectivity index (χ0) is 16.9. The Balaban J connectivity index is 1.47. The van der Waals surface area contributed by atoms with Crippen LogP contribution in [-0.2, 0) is 4.74 Å². The molecular weight excluding hydrogens is 307 g/mol. The first-order valence-electron chi connectivity index (χ1n) is 9.10. The number of nitrogens with zero attached hydrogens (tertiary/aromatic N) is 2. The van der Waals surface area contributed by atoms with Crippen LogP contribution in [0.5, 0.6) is 0 Å². The topological polar surface area (TPSA) is 35.9 Å². The van der Waals surface area contributed by atoms with Gasteiger partial charge in [-0.25, -0.2) is 4.39 Å². The molecule has 0 radical (unpaired) electrons. The molecule has 1 aromatic carbocycles. The third-order valence-electron chi connectivity index (χ3n) is 5.21. The molecule has 0 aromatic heterocycles. The summed E-state index contributed by atoms with van der Waals surface area (Å²) in [4.78, 5) is 4.64. The molecule has 24 heavy (non-hydrogen) atoms. The minimum atomic E-state index is -0.328. The molecule has 2 aliphatic heterocycles. The van der Waals surface area contributed by atoms with Crippen molar-refractivity contribution in [2.45, 2.75) is 32.0 Å². The average molecular weight is 336 g/mol. The zero-order valence-corrected chi connectivity index (χ0v) is 14.5. The van der Waals surface area contributed by atoms with Gasteiger partial charge in [0.15, 0.2) is 0 Å². The van der Waals surface area contributed by atoms with Crippen LogP contribution in [0.2, 0.25) is 0 Å². The van der Waals surface area contributed by atoms with E-state index in [-0.39, 0.29) is 18.0 Å². The summed E-state index contributed by atoms with van der Waals surface area (Å²) in [5.74, 6) is 0.590. The van der Waals surface area contributed by atoms with Gasteiger partial charge in [0.25, 0.3) is 0 Å². The number of aliphatic hydroxyl groups is 1. The van der Waals surface area contributed by atoms with Gasteiger partial charge in [-0.3, -0.25) is 4.90 Å². The van der Waals surface area contributed by atoms with Crippen molar-refractivity contribution in [2.75, 3.05) is 45.9 Å². The van der Waals surface area contributed by atoms with Crippen LogP contribution in [0, 0.1) is 11.7 Å². The van der Waals surface area contributed by atoms with E-state index in [0.717, 1.165) is 44.2 Å². The Hall–Kier alpha value is -1.01. The Morgan fingerprint density at radius 3 is 2.50 bits per heavy atom. The van der Waals surface area contributed by atoms with Crippen LogP contribution >= 0.6 is 0 Å². The second-order valence-electron chi connectivity index (χ2n) is 7.31. The lowest BCUT2D eigenvalue weighted by Gasteiger charge is -2.36. The minimum absolute atomic E-state index is 0.0395. The molecule has 0 aliphatic carbocycles. The van der Waals surface area contributed by atoms with Crippen LogP contribution in [0.15, 0.2) is 24.3 Å². The Morgan fingerprint density at radius 1 is 1.12 bits per heavy atom. The number of likely N-dealkylation sites (tertiary alicyclic amines) is 1. The predicted molar refractivity (Wildman–Crippen MR) is 92.4 cm³/mol. The number of ether oxygens (including phenoxy) is 1. The van der Waals surface area contributed by atoms with E-state index in [9.17, 15) is 9.50 Å². The molecule has 1 N–H and O–H groups in total. The fourth-order valence-electron chi connectivity index (χ4n) is 3.65. The SMILES string of the molecule is CC1CCN(CC(O)CN2CCOC(c3ccc(F)cc3)C2)CC1. The van der Waals surface area contributed by atoms with Gasteiger partial charge in [-0.05, 0) is 49.5 Å². The number of hydrogen-bond donors (Lipinski definition) is 1. The van der Waals surface area contributed by atoms with Gasteiger partial charge in [-0.15, -0.1) is 0 Å². The maximum atomic E-state index is 13.1. The first-order chi connectivity index (χ1) is 11.6. The maximum absolute atomic E-state index is 13.1. The lowest BCUT2D eigenvalue weighted by atomic mass is 9.99. The number of morpholine rings is 1. The highest BCUT2D eigenvalue weighted by Crippen LogP contribution is 2.23. The van der Waals surface area contributed by atoms with Crippen molar-refractivity contribution in [2.24, 2.45) is 5.92 Å². The van der Waals surface area contributed by atoms with Gasteiger partial charge in [-0.1, -0.05) is 19.1 Å². The molecule has 0 bridgehead atoms. The van der Waals surface area contributed by atoms with Crippen molar-refractivity contribution in [3.05, 3.63) is 35.6 Å². The number of β-amino-alcohol motifs (C(OH)–C–C–N with tert-alkyl or cyclic N) is 1. The van der Waals surface area contributed by atoms with Crippen LogP contribution in [-0.4, -0.2) is 66.9 Å². The van der Waals surface area contributed by atoms with E-state index < -0.39 is 0 Å². The van der Waals surface area contributed by atoms with Crippen molar-refractivity contribution in [3.8, 4) is 0 Å². The molecule has 4 nitrogen and oxygen atoms in total. The number of piperidine rings is 1. The molecular formula is C19H29FN2O2. The molecule has 2 saturated heterocycles. The van der Waals surface area contributed by atoms with E-state index in [1.54, 1.807) is 12.1 Å². The number of benzene rings is 1. The smallest absolute Gasteiger partial charge is 0.123 e. The molecule has 2 heterocycles. The molecule has 2 aliphatic rings. The number of rotatable bonds is 5. The number of aliphatic hydroxyl groups excluding tert-OH is 1. The highest BCUT2D eigenvalue weighted by Gasteiger charge is 2.25. The highest BCUT2D eigenvalue weighted by atomic mass is 19.1. The highest BCUT2D eigenvalue weighted by molar-refractivity contribution is 5.19. The molecule has 0 saturated carbocycles. The van der Waals surface area contributed by atoms with Crippen LogP contribution < -0.4 is 0 Å². The van der Waals surface area contributed by atoms with E-state index in [1.165, 1.54) is 25.0 Å². The van der Waals surface area contributed by atoms with Crippen LogP contribution in [0.3, 0.4) is 0 Å². The van der Waals surface area contributed by atoms with E-state index in [2.05, 4.69) is 16.7 Å². The Kier molecular flexibility index (Phi) is 6.22. The molecule has 2 fully saturated rings. The first kappa shape index (κ1) is 17.8. The molecule has 0 amide bonds. The summed E-state index contributed by atoms with van der Waals surface area (Å²) in [6.07, 6.45) is 2.10. The Bertz CT molecular complexity index is 503. The summed E-state index contributed by atoms with van der Waals surface area (Å²) >= 11 is 0. The van der Waals surface area contributed by atoms with Gasteiger partial charge in [0.05, 0.1) is 18.8 Å². The number of halogens is 1. The summed E-state index contributed by atoms with van der Waals surface area (Å²) < 4.78 is 18.9. The average Bonchev–Trinajstić information content (AvgIpc) is 2.58. The van der Waals surface area contributed by atoms with Crippen molar-refractivity contribution in [1.82, 2.24) is 9.80 Å². The van der Waals surface area contributed by atoms with Gasteiger partial charge in [0.1, 0.15) is 5.82 Å². The van der Waals surface area contributed by atoms with Crippen LogP contribution in [0.25, 0.3) is 0 Å². The second-order valence-corrected chi connectivity index (χ2v) is 7.31. The van der Waals surface area contributed by atoms with Crippen LogP contribution in [0.1, 0.15) is 31.4 Å². The summed E-state index contributed by atoms with van der Waals surface area (Å²) in [6.45, 7) is 8.16. The van der Waals surface area contributed by atoms with E-state index in [0.29, 0.717) is 13.2 Å². The summed E-state index contributed by atoms with van der Waals surface area (Å²) in [5.41, 5.74) is 1.00. The van der Waals surface area contributed by atoms with Crippen LogP contribution in [0.4, 0.5) is 4.39 Å². The molecule has 3 rings (SSSR count). The van der Waals surface area contributed by atoms with Crippen molar-refractivity contribution in [1.29, 1.82) is 0 Å². The summed E-state index contributed by atoms with van der Waals surface area (Å²) in [6, 6.07) is 6.53. The fourth-order valence-corrected chi connectivity index (χ4v) is 3.65. The molecule has 1 aromatic rings. The minimum Gasteiger partial charge on any atom is -0.390 e. The monoisotopic (exact) mass is 336 g/mol. The summed E-state index contributed by atoms with van der Waals surface area (Å²) in [7, 11) is 0. The maximum Gasteiger partial charge on any atom is 0.123 e. The molecule has 134 valence electrons. The predicted octanol–water partition coefficient (Wildman–Crippen LogP) is 2.29. The standard InChI is InChI=1S/C19H29FN2O2/c1-15-6-8-21(9-7-15)12-18(23)13-22-10-11-24-19(14-22)16-2-4-17(20)5-3-16/h2-5,15,18-19,23H,6-14H2,1H3. The van der Waals surface area contributed by atoms with Crippen molar-refractivity contribution < 1.29 is 14.2 Å². The van der Waals surface area contributed by atoms with Gasteiger partial charge in [0.2, 0.25) is 0 Å². The van der Waals surface area contributed by atoms with E-state index >= 15 is 0 Å². The third-order valence-corrected chi connectivity index (χ3v) is 5.21. The van der Waals surface area contributed by atoms with Gasteiger partial charge >= 0.3 is 0 Å². The van der Waals surface area contributed by atoms with Gasteiger partial charge in [-0.2, -0.15) is 0 Å². The Morgan fingerprint density at radius 2 is 1.79 bits per heavy atom. The fraction of sp³-hybridized carbons (Fsp3) is 0.684. The van der Waals surface area contributed by atoms with E-state index in [4.69, 9.17) is 4.74 Å². The molecule has 5 heteroatoms. The molecule has 0 spiro atoms. The van der Waals surface area contributed by atoms with Crippen molar-refractivity contribution >= 4 is 0 Å². The molecule has 2 atom stereocenters. The zero-order valence-electron chi connectivity index (χ0n) is 14.5. The number of hydrogen-bond acceptors (Lipinski definition) is 4. The molecule has 2 unspecified atom stereocenters. The summed E-state index contributed by atoms with van der Waals surface area (Å²) in [5, 5.41) is 10.4. The lowest BCUT2D eigenvalue weighted by molar-refractivity contribution is -0.0456. The normalized spacial score (nSPS) is 25.7.